The number of aryl methyl sites for hydroxylation is 1. The molecule has 2 N–H and O–H groups in total. The Morgan fingerprint density at radius 3 is 2.80 bits per heavy atom. The quantitative estimate of drug-likeness (QED) is 0.662. The minimum absolute atomic E-state index is 0.0188. The van der Waals surface area contributed by atoms with Crippen molar-refractivity contribution in [3.05, 3.63) is 78.8 Å². The standard InChI is InChI=1S/C19H18BrN3O2/c20-14-8-13-6-7-15(11-21-10-12-4-2-1-3-5-12)23-17(13)16(9-14)22-18(24)19(23)25/h1-5,8-9,15,21H,6-7,10-11H2,(H,22,24). The molecule has 1 aromatic heterocycles. The lowest BCUT2D eigenvalue weighted by Crippen LogP contribution is -2.42. The first-order valence-electron chi connectivity index (χ1n) is 8.35. The highest BCUT2D eigenvalue weighted by atomic mass is 79.9. The summed E-state index contributed by atoms with van der Waals surface area (Å²) in [6.07, 6.45) is 1.73. The Labute approximate surface area is 152 Å². The van der Waals surface area contributed by atoms with Crippen LogP contribution in [0.15, 0.2) is 56.5 Å². The maximum atomic E-state index is 12.5. The number of H-pyrrole nitrogens is 1. The van der Waals surface area contributed by atoms with Crippen molar-refractivity contribution in [1.82, 2.24) is 14.9 Å². The molecule has 0 spiro atoms. The SMILES string of the molecule is O=c1[nH]c2cc(Br)cc3c2n(c1=O)C(CNCc1ccccc1)CC3. The molecule has 25 heavy (non-hydrogen) atoms. The summed E-state index contributed by atoms with van der Waals surface area (Å²) in [6, 6.07) is 14.0. The minimum Gasteiger partial charge on any atom is -0.316 e. The molecule has 0 saturated carbocycles. The summed E-state index contributed by atoms with van der Waals surface area (Å²) >= 11 is 3.48. The number of hydrogen-bond acceptors (Lipinski definition) is 3. The lowest BCUT2D eigenvalue weighted by molar-refractivity contribution is 0.417. The number of benzene rings is 2. The molecule has 0 bridgehead atoms. The van der Waals surface area contributed by atoms with Gasteiger partial charge in [0.05, 0.1) is 17.1 Å². The number of aromatic amines is 1. The van der Waals surface area contributed by atoms with Crippen molar-refractivity contribution in [1.29, 1.82) is 0 Å². The van der Waals surface area contributed by atoms with Crippen LogP contribution in [0.5, 0.6) is 0 Å². The van der Waals surface area contributed by atoms with Crippen LogP contribution in [0.1, 0.15) is 23.6 Å². The number of hydrogen-bond donors (Lipinski definition) is 2. The summed E-state index contributed by atoms with van der Waals surface area (Å²) in [5.74, 6) is 0. The Balaban J connectivity index is 1.68. The number of halogens is 1. The van der Waals surface area contributed by atoms with E-state index in [0.29, 0.717) is 12.1 Å². The lowest BCUT2D eigenvalue weighted by atomic mass is 9.98. The first-order chi connectivity index (χ1) is 12.1. The third kappa shape index (κ3) is 3.07. The number of aromatic nitrogens is 2. The molecule has 1 atom stereocenters. The summed E-state index contributed by atoms with van der Waals surface area (Å²) in [5.41, 5.74) is 2.82. The van der Waals surface area contributed by atoms with Gasteiger partial charge in [0.25, 0.3) is 0 Å². The first-order valence-corrected chi connectivity index (χ1v) is 9.14. The maximum Gasteiger partial charge on any atom is 0.317 e. The van der Waals surface area contributed by atoms with E-state index in [4.69, 9.17) is 0 Å². The summed E-state index contributed by atoms with van der Waals surface area (Å²) in [6.45, 7) is 1.40. The highest BCUT2D eigenvalue weighted by Crippen LogP contribution is 2.30. The van der Waals surface area contributed by atoms with Crippen LogP contribution in [0.3, 0.4) is 0 Å². The van der Waals surface area contributed by atoms with Crippen molar-refractivity contribution in [2.45, 2.75) is 25.4 Å². The molecule has 1 aliphatic heterocycles. The number of nitrogens with one attached hydrogen (secondary N) is 2. The first kappa shape index (κ1) is 16.3. The molecular weight excluding hydrogens is 382 g/mol. The molecule has 3 aromatic rings. The van der Waals surface area contributed by atoms with Gasteiger partial charge >= 0.3 is 11.1 Å². The molecule has 128 valence electrons. The molecule has 0 radical (unpaired) electrons. The fourth-order valence-corrected chi connectivity index (χ4v) is 4.09. The van der Waals surface area contributed by atoms with Gasteiger partial charge in [-0.3, -0.25) is 14.2 Å². The smallest absolute Gasteiger partial charge is 0.316 e. The molecule has 2 aromatic carbocycles. The summed E-state index contributed by atoms with van der Waals surface area (Å²) in [5, 5.41) is 3.42. The molecule has 6 heteroatoms. The molecule has 1 aliphatic rings. The zero-order valence-electron chi connectivity index (χ0n) is 13.6. The van der Waals surface area contributed by atoms with Crippen LogP contribution in [-0.2, 0) is 13.0 Å². The molecule has 0 amide bonds. The normalized spacial score (nSPS) is 16.3. The predicted molar refractivity (Wildman–Crippen MR) is 102 cm³/mol. The predicted octanol–water partition coefficient (Wildman–Crippen LogP) is 2.73. The number of rotatable bonds is 4. The second-order valence-electron chi connectivity index (χ2n) is 6.40. The average molecular weight is 400 g/mol. The topological polar surface area (TPSA) is 66.9 Å². The number of nitrogens with zero attached hydrogens (tertiary/aromatic N) is 1. The molecular formula is C19H18BrN3O2. The van der Waals surface area contributed by atoms with Crippen LogP contribution in [0.4, 0.5) is 0 Å². The van der Waals surface area contributed by atoms with Crippen molar-refractivity contribution in [3.63, 3.8) is 0 Å². The Bertz CT molecular complexity index is 1040. The van der Waals surface area contributed by atoms with Crippen molar-refractivity contribution in [2.24, 2.45) is 0 Å². The van der Waals surface area contributed by atoms with Crippen LogP contribution in [0, 0.1) is 0 Å². The van der Waals surface area contributed by atoms with Crippen LogP contribution in [-0.4, -0.2) is 16.1 Å². The van der Waals surface area contributed by atoms with Gasteiger partial charge in [-0.1, -0.05) is 46.3 Å². The largest absolute Gasteiger partial charge is 0.317 e. The van der Waals surface area contributed by atoms with E-state index in [1.165, 1.54) is 5.56 Å². The molecule has 2 heterocycles. The van der Waals surface area contributed by atoms with Gasteiger partial charge in [-0.15, -0.1) is 0 Å². The fourth-order valence-electron chi connectivity index (χ4n) is 3.58. The van der Waals surface area contributed by atoms with Crippen LogP contribution < -0.4 is 16.4 Å². The highest BCUT2D eigenvalue weighted by molar-refractivity contribution is 9.10. The third-order valence-corrected chi connectivity index (χ3v) is 5.18. The summed E-state index contributed by atoms with van der Waals surface area (Å²) in [4.78, 5) is 27.3. The molecule has 4 rings (SSSR count). The van der Waals surface area contributed by atoms with Gasteiger partial charge < -0.3 is 10.3 Å². The third-order valence-electron chi connectivity index (χ3n) is 4.72. The Morgan fingerprint density at radius 1 is 1.20 bits per heavy atom. The Hall–Kier alpha value is -2.18. The zero-order chi connectivity index (χ0) is 17.4. The Kier molecular flexibility index (Phi) is 4.31. The van der Waals surface area contributed by atoms with Crippen LogP contribution >= 0.6 is 15.9 Å². The van der Waals surface area contributed by atoms with E-state index in [9.17, 15) is 9.59 Å². The zero-order valence-corrected chi connectivity index (χ0v) is 15.2. The second kappa shape index (κ2) is 6.61. The van der Waals surface area contributed by atoms with E-state index in [1.54, 1.807) is 4.57 Å². The van der Waals surface area contributed by atoms with Gasteiger partial charge in [0, 0.05) is 17.6 Å². The van der Waals surface area contributed by atoms with Gasteiger partial charge in [0.1, 0.15) is 0 Å². The maximum absolute atomic E-state index is 12.5. The van der Waals surface area contributed by atoms with E-state index < -0.39 is 11.1 Å². The second-order valence-corrected chi connectivity index (χ2v) is 7.32. The van der Waals surface area contributed by atoms with Crippen LogP contribution in [0.2, 0.25) is 0 Å². The van der Waals surface area contributed by atoms with Gasteiger partial charge in [-0.25, -0.2) is 0 Å². The van der Waals surface area contributed by atoms with E-state index in [0.717, 1.165) is 34.9 Å². The van der Waals surface area contributed by atoms with Crippen molar-refractivity contribution in [3.8, 4) is 0 Å². The molecule has 0 saturated heterocycles. The van der Waals surface area contributed by atoms with Gasteiger partial charge in [-0.05, 0) is 36.1 Å². The Morgan fingerprint density at radius 2 is 2.00 bits per heavy atom. The van der Waals surface area contributed by atoms with Gasteiger partial charge in [-0.2, -0.15) is 0 Å². The molecule has 1 unspecified atom stereocenters. The van der Waals surface area contributed by atoms with Gasteiger partial charge in [0.2, 0.25) is 0 Å². The van der Waals surface area contributed by atoms with E-state index in [-0.39, 0.29) is 6.04 Å². The summed E-state index contributed by atoms with van der Waals surface area (Å²) < 4.78 is 2.59. The molecule has 5 nitrogen and oxygen atoms in total. The van der Waals surface area contributed by atoms with Gasteiger partial charge in [0.15, 0.2) is 0 Å². The highest BCUT2D eigenvalue weighted by Gasteiger charge is 2.24. The molecule has 0 aliphatic carbocycles. The fraction of sp³-hybridized carbons (Fsp3) is 0.263. The average Bonchev–Trinajstić information content (AvgIpc) is 2.61. The van der Waals surface area contributed by atoms with E-state index in [1.807, 2.05) is 30.3 Å². The van der Waals surface area contributed by atoms with E-state index >= 15 is 0 Å². The lowest BCUT2D eigenvalue weighted by Gasteiger charge is -2.28. The molecule has 0 fully saturated rings. The van der Waals surface area contributed by atoms with Crippen LogP contribution in [0.25, 0.3) is 11.0 Å². The van der Waals surface area contributed by atoms with E-state index in [2.05, 4.69) is 38.4 Å². The monoisotopic (exact) mass is 399 g/mol. The van der Waals surface area contributed by atoms with Crippen molar-refractivity contribution >= 4 is 27.0 Å². The van der Waals surface area contributed by atoms with Crippen molar-refractivity contribution in [2.75, 3.05) is 6.54 Å². The minimum atomic E-state index is -0.563. The van der Waals surface area contributed by atoms with Crippen molar-refractivity contribution < 1.29 is 0 Å². The summed E-state index contributed by atoms with van der Waals surface area (Å²) in [7, 11) is 0.